The number of amides is 2. The van der Waals surface area contributed by atoms with Gasteiger partial charge in [-0.25, -0.2) is 13.5 Å². The normalized spacial score (nSPS) is 12.1. The third-order valence-electron chi connectivity index (χ3n) is 3.87. The number of likely N-dealkylation sites (N-methyl/N-ethyl adjacent to an activating group) is 1. The van der Waals surface area contributed by atoms with Gasteiger partial charge < -0.3 is 20.1 Å². The number of nitrogens with one attached hydrogen (secondary N) is 2. The first-order valence-corrected chi connectivity index (χ1v) is 9.00. The summed E-state index contributed by atoms with van der Waals surface area (Å²) in [5, 5.41) is 12.4. The lowest BCUT2D eigenvalue weighted by Crippen LogP contribution is -2.39. The fourth-order valence-electron chi connectivity index (χ4n) is 2.51. The topological polar surface area (TPSA) is 107 Å². The van der Waals surface area contributed by atoms with Crippen molar-refractivity contribution in [1.82, 2.24) is 25.6 Å². The zero-order valence-corrected chi connectivity index (χ0v) is 16.3. The third kappa shape index (κ3) is 6.03. The van der Waals surface area contributed by atoms with E-state index in [0.717, 1.165) is 12.1 Å². The van der Waals surface area contributed by atoms with Crippen molar-refractivity contribution in [3.05, 3.63) is 47.3 Å². The molecule has 2 rings (SSSR count). The van der Waals surface area contributed by atoms with Gasteiger partial charge in [-0.05, 0) is 31.5 Å². The lowest BCUT2D eigenvalue weighted by atomic mass is 10.1. The second-order valence-corrected chi connectivity index (χ2v) is 5.86. The SMILES string of the molecule is CCOC(Cn1cc(C(=O)NC(C(=O)NC)c2ccc(F)c(F)c2)nn1)OCC. The maximum atomic E-state index is 13.5. The van der Waals surface area contributed by atoms with Crippen molar-refractivity contribution >= 4 is 11.8 Å². The minimum Gasteiger partial charge on any atom is -0.357 e. The lowest BCUT2D eigenvalue weighted by Gasteiger charge is -2.17. The highest BCUT2D eigenvalue weighted by Gasteiger charge is 2.25. The van der Waals surface area contributed by atoms with Gasteiger partial charge in [0, 0.05) is 20.3 Å². The fourth-order valence-corrected chi connectivity index (χ4v) is 2.51. The Balaban J connectivity index is 2.14. The second-order valence-electron chi connectivity index (χ2n) is 5.86. The molecule has 0 aliphatic carbocycles. The Bertz CT molecular complexity index is 839. The molecule has 2 amide bonds. The van der Waals surface area contributed by atoms with Gasteiger partial charge in [-0.15, -0.1) is 5.10 Å². The predicted octanol–water partition coefficient (Wildman–Crippen LogP) is 1.17. The van der Waals surface area contributed by atoms with Crippen molar-refractivity contribution in [2.75, 3.05) is 20.3 Å². The van der Waals surface area contributed by atoms with Gasteiger partial charge in [0.15, 0.2) is 23.6 Å². The first-order chi connectivity index (χ1) is 13.9. The quantitative estimate of drug-likeness (QED) is 0.569. The molecule has 0 aliphatic heterocycles. The summed E-state index contributed by atoms with van der Waals surface area (Å²) in [7, 11) is 1.36. The van der Waals surface area contributed by atoms with Crippen molar-refractivity contribution < 1.29 is 27.8 Å². The van der Waals surface area contributed by atoms with E-state index in [2.05, 4.69) is 20.9 Å². The van der Waals surface area contributed by atoms with Gasteiger partial charge in [0.1, 0.15) is 6.04 Å². The van der Waals surface area contributed by atoms with E-state index in [9.17, 15) is 18.4 Å². The monoisotopic (exact) mass is 411 g/mol. The Labute approximate surface area is 166 Å². The standard InChI is InChI=1S/C18H23F2N5O4/c1-4-28-15(29-5-2)10-25-9-14(23-24-25)17(26)22-16(18(27)21-3)11-6-7-12(19)13(20)8-11/h6-9,15-16H,4-5,10H2,1-3H3,(H,21,27)(H,22,26). The maximum Gasteiger partial charge on any atom is 0.274 e. The number of ether oxygens (including phenoxy) is 2. The van der Waals surface area contributed by atoms with Crippen LogP contribution in [0.4, 0.5) is 8.78 Å². The number of carbonyl (C=O) groups excluding carboxylic acids is 2. The van der Waals surface area contributed by atoms with Crippen LogP contribution in [0.5, 0.6) is 0 Å². The summed E-state index contributed by atoms with van der Waals surface area (Å²) in [6, 6.07) is 1.70. The first-order valence-electron chi connectivity index (χ1n) is 9.00. The molecule has 158 valence electrons. The summed E-state index contributed by atoms with van der Waals surface area (Å²) in [4.78, 5) is 24.7. The fraction of sp³-hybridized carbons (Fsp3) is 0.444. The van der Waals surface area contributed by atoms with Gasteiger partial charge in [-0.3, -0.25) is 9.59 Å². The molecular formula is C18H23F2N5O4. The van der Waals surface area contributed by atoms with E-state index >= 15 is 0 Å². The van der Waals surface area contributed by atoms with Crippen LogP contribution in [0.1, 0.15) is 35.9 Å². The van der Waals surface area contributed by atoms with E-state index < -0.39 is 35.8 Å². The molecule has 0 saturated carbocycles. The number of hydrogen-bond donors (Lipinski definition) is 2. The highest BCUT2D eigenvalue weighted by atomic mass is 19.2. The minimum absolute atomic E-state index is 0.0618. The van der Waals surface area contributed by atoms with Gasteiger partial charge in [-0.1, -0.05) is 11.3 Å². The van der Waals surface area contributed by atoms with E-state index in [0.29, 0.717) is 13.2 Å². The first kappa shape index (κ1) is 22.4. The molecule has 1 aromatic heterocycles. The number of rotatable bonds is 10. The molecule has 0 fully saturated rings. The van der Waals surface area contributed by atoms with Gasteiger partial charge in [-0.2, -0.15) is 0 Å². The molecular weight excluding hydrogens is 388 g/mol. The predicted molar refractivity (Wildman–Crippen MR) is 97.7 cm³/mol. The molecule has 0 aliphatic rings. The summed E-state index contributed by atoms with van der Waals surface area (Å²) >= 11 is 0. The lowest BCUT2D eigenvalue weighted by molar-refractivity contribution is -0.145. The van der Waals surface area contributed by atoms with E-state index in [-0.39, 0.29) is 17.8 Å². The second kappa shape index (κ2) is 10.6. The Hall–Kier alpha value is -2.92. The van der Waals surface area contributed by atoms with Crippen LogP contribution in [0.25, 0.3) is 0 Å². The number of benzene rings is 1. The summed E-state index contributed by atoms with van der Waals surface area (Å²) < 4.78 is 38.9. The highest BCUT2D eigenvalue weighted by Crippen LogP contribution is 2.17. The smallest absolute Gasteiger partial charge is 0.274 e. The third-order valence-corrected chi connectivity index (χ3v) is 3.87. The molecule has 0 saturated heterocycles. The van der Waals surface area contributed by atoms with Crippen LogP contribution in [-0.4, -0.2) is 53.4 Å². The Morgan fingerprint density at radius 3 is 2.45 bits per heavy atom. The molecule has 11 heteroatoms. The Kier molecular flexibility index (Phi) is 8.16. The van der Waals surface area contributed by atoms with Gasteiger partial charge in [0.05, 0.1) is 12.7 Å². The van der Waals surface area contributed by atoms with Crippen LogP contribution in [0.3, 0.4) is 0 Å². The van der Waals surface area contributed by atoms with Gasteiger partial charge in [0.25, 0.3) is 5.91 Å². The summed E-state index contributed by atoms with van der Waals surface area (Å²) in [6.45, 7) is 4.74. The molecule has 9 nitrogen and oxygen atoms in total. The molecule has 1 heterocycles. The maximum absolute atomic E-state index is 13.5. The van der Waals surface area contributed by atoms with Crippen molar-refractivity contribution in [2.24, 2.45) is 0 Å². The average Bonchev–Trinajstić information content (AvgIpc) is 3.16. The molecule has 1 unspecified atom stereocenters. The molecule has 1 aromatic carbocycles. The number of carbonyl (C=O) groups is 2. The van der Waals surface area contributed by atoms with Crippen molar-refractivity contribution in [1.29, 1.82) is 0 Å². The van der Waals surface area contributed by atoms with Gasteiger partial charge >= 0.3 is 0 Å². The van der Waals surface area contributed by atoms with Gasteiger partial charge in [0.2, 0.25) is 5.91 Å². The zero-order chi connectivity index (χ0) is 21.4. The zero-order valence-electron chi connectivity index (χ0n) is 16.3. The Morgan fingerprint density at radius 1 is 1.17 bits per heavy atom. The molecule has 0 spiro atoms. The largest absolute Gasteiger partial charge is 0.357 e. The van der Waals surface area contributed by atoms with E-state index in [1.807, 2.05) is 13.8 Å². The molecule has 2 N–H and O–H groups in total. The van der Waals surface area contributed by atoms with E-state index in [1.54, 1.807) is 0 Å². The average molecular weight is 411 g/mol. The molecule has 29 heavy (non-hydrogen) atoms. The Morgan fingerprint density at radius 2 is 1.86 bits per heavy atom. The number of aromatic nitrogens is 3. The summed E-state index contributed by atoms with van der Waals surface area (Å²) in [6.07, 6.45) is 0.815. The van der Waals surface area contributed by atoms with Crippen molar-refractivity contribution in [3.63, 3.8) is 0 Å². The van der Waals surface area contributed by atoms with Crippen LogP contribution >= 0.6 is 0 Å². The minimum atomic E-state index is -1.24. The molecule has 1 atom stereocenters. The molecule has 0 radical (unpaired) electrons. The van der Waals surface area contributed by atoms with Crippen LogP contribution in [0.2, 0.25) is 0 Å². The van der Waals surface area contributed by atoms with Crippen molar-refractivity contribution in [3.8, 4) is 0 Å². The number of nitrogens with zero attached hydrogens (tertiary/aromatic N) is 3. The highest BCUT2D eigenvalue weighted by molar-refractivity contribution is 5.96. The molecule has 0 bridgehead atoms. The van der Waals surface area contributed by atoms with Crippen LogP contribution < -0.4 is 10.6 Å². The van der Waals surface area contributed by atoms with Crippen LogP contribution in [0, 0.1) is 11.6 Å². The number of hydrogen-bond acceptors (Lipinski definition) is 6. The summed E-state index contributed by atoms with van der Waals surface area (Å²) in [5.41, 5.74) is 0.0185. The number of halogens is 2. The van der Waals surface area contributed by atoms with E-state index in [1.165, 1.54) is 24.0 Å². The van der Waals surface area contributed by atoms with Crippen LogP contribution in [0.15, 0.2) is 24.4 Å². The van der Waals surface area contributed by atoms with Crippen LogP contribution in [-0.2, 0) is 20.8 Å². The van der Waals surface area contributed by atoms with E-state index in [4.69, 9.17) is 9.47 Å². The molecule has 2 aromatic rings. The summed E-state index contributed by atoms with van der Waals surface area (Å²) in [5.74, 6) is -3.50. The van der Waals surface area contributed by atoms with Crippen molar-refractivity contribution in [2.45, 2.75) is 32.7 Å².